The van der Waals surface area contributed by atoms with Crippen molar-refractivity contribution in [3.05, 3.63) is 23.7 Å². The molecule has 3 heteroatoms. The monoisotopic (exact) mass is 225 g/mol. The predicted octanol–water partition coefficient (Wildman–Crippen LogP) is 2.65. The van der Waals surface area contributed by atoms with Gasteiger partial charge in [-0.3, -0.25) is 0 Å². The second-order valence-corrected chi connectivity index (χ2v) is 5.19. The molecule has 0 fully saturated rings. The van der Waals surface area contributed by atoms with Crippen LogP contribution >= 0.6 is 0 Å². The van der Waals surface area contributed by atoms with Crippen molar-refractivity contribution in [1.29, 1.82) is 0 Å². The molecule has 0 spiro atoms. The predicted molar refractivity (Wildman–Crippen MR) is 65.3 cm³/mol. The molecule has 0 amide bonds. The SMILES string of the molecule is Cc1ccc(C(C)NCC(C)(C)CCO)o1. The van der Waals surface area contributed by atoms with Gasteiger partial charge in [0.2, 0.25) is 0 Å². The van der Waals surface area contributed by atoms with Gasteiger partial charge in [0, 0.05) is 13.2 Å². The molecule has 0 aliphatic carbocycles. The maximum Gasteiger partial charge on any atom is 0.120 e. The van der Waals surface area contributed by atoms with Crippen LogP contribution in [0.2, 0.25) is 0 Å². The molecule has 0 saturated heterocycles. The summed E-state index contributed by atoms with van der Waals surface area (Å²) >= 11 is 0. The highest BCUT2D eigenvalue weighted by atomic mass is 16.3. The van der Waals surface area contributed by atoms with Gasteiger partial charge < -0.3 is 14.8 Å². The molecule has 0 aliphatic rings. The smallest absolute Gasteiger partial charge is 0.120 e. The molecule has 92 valence electrons. The Labute approximate surface area is 97.9 Å². The molecule has 1 unspecified atom stereocenters. The minimum atomic E-state index is 0.116. The Kier molecular flexibility index (Phi) is 4.56. The highest BCUT2D eigenvalue weighted by Crippen LogP contribution is 2.21. The first-order valence-electron chi connectivity index (χ1n) is 5.85. The summed E-state index contributed by atoms with van der Waals surface area (Å²) in [6.07, 6.45) is 0.809. The molecule has 0 aromatic carbocycles. The number of nitrogens with one attached hydrogen (secondary N) is 1. The van der Waals surface area contributed by atoms with Crippen LogP contribution in [0.5, 0.6) is 0 Å². The lowest BCUT2D eigenvalue weighted by molar-refractivity contribution is 0.202. The van der Waals surface area contributed by atoms with Crippen molar-refractivity contribution in [2.75, 3.05) is 13.2 Å². The largest absolute Gasteiger partial charge is 0.465 e. The molecule has 1 aromatic heterocycles. The molecule has 1 aromatic rings. The number of hydrogen-bond donors (Lipinski definition) is 2. The summed E-state index contributed by atoms with van der Waals surface area (Å²) in [5.74, 6) is 1.91. The van der Waals surface area contributed by atoms with Crippen LogP contribution in [0.25, 0.3) is 0 Å². The van der Waals surface area contributed by atoms with Gasteiger partial charge in [-0.2, -0.15) is 0 Å². The highest BCUT2D eigenvalue weighted by Gasteiger charge is 2.19. The third-order valence-electron chi connectivity index (χ3n) is 2.86. The molecule has 3 nitrogen and oxygen atoms in total. The number of aliphatic hydroxyl groups excluding tert-OH is 1. The number of furan rings is 1. The zero-order valence-corrected chi connectivity index (χ0v) is 10.7. The summed E-state index contributed by atoms with van der Waals surface area (Å²) in [5, 5.41) is 12.4. The van der Waals surface area contributed by atoms with Crippen LogP contribution in [0.3, 0.4) is 0 Å². The van der Waals surface area contributed by atoms with E-state index in [0.717, 1.165) is 24.5 Å². The van der Waals surface area contributed by atoms with Gasteiger partial charge in [0.05, 0.1) is 6.04 Å². The molecular weight excluding hydrogens is 202 g/mol. The van der Waals surface area contributed by atoms with Gasteiger partial charge in [-0.1, -0.05) is 13.8 Å². The maximum atomic E-state index is 8.94. The molecule has 1 rings (SSSR count). The van der Waals surface area contributed by atoms with E-state index >= 15 is 0 Å². The lowest BCUT2D eigenvalue weighted by Gasteiger charge is -2.25. The van der Waals surface area contributed by atoms with Crippen molar-refractivity contribution in [3.8, 4) is 0 Å². The number of aliphatic hydroxyl groups is 1. The molecule has 0 aliphatic heterocycles. The average Bonchev–Trinajstić information content (AvgIpc) is 2.61. The molecule has 0 saturated carbocycles. The molecule has 0 bridgehead atoms. The normalized spacial score (nSPS) is 14.1. The summed E-state index contributed by atoms with van der Waals surface area (Å²) in [6.45, 7) is 9.45. The fourth-order valence-corrected chi connectivity index (χ4v) is 1.61. The zero-order valence-electron chi connectivity index (χ0n) is 10.7. The van der Waals surface area contributed by atoms with E-state index in [2.05, 4.69) is 26.1 Å². The molecule has 2 N–H and O–H groups in total. The highest BCUT2D eigenvalue weighted by molar-refractivity contribution is 5.08. The van der Waals surface area contributed by atoms with E-state index in [1.54, 1.807) is 0 Å². The second kappa shape index (κ2) is 5.51. The number of hydrogen-bond acceptors (Lipinski definition) is 3. The average molecular weight is 225 g/mol. The molecule has 1 atom stereocenters. The number of aryl methyl sites for hydroxylation is 1. The van der Waals surface area contributed by atoms with E-state index in [-0.39, 0.29) is 18.1 Å². The van der Waals surface area contributed by atoms with Crippen LogP contribution in [0.4, 0.5) is 0 Å². The van der Waals surface area contributed by atoms with Crippen molar-refractivity contribution < 1.29 is 9.52 Å². The van der Waals surface area contributed by atoms with E-state index in [4.69, 9.17) is 9.52 Å². The minimum absolute atomic E-state index is 0.116. The topological polar surface area (TPSA) is 45.4 Å². The summed E-state index contributed by atoms with van der Waals surface area (Å²) in [7, 11) is 0. The first-order valence-corrected chi connectivity index (χ1v) is 5.85. The van der Waals surface area contributed by atoms with Gasteiger partial charge in [-0.05, 0) is 37.8 Å². The summed E-state index contributed by atoms with van der Waals surface area (Å²) in [6, 6.07) is 4.20. The van der Waals surface area contributed by atoms with E-state index in [0.29, 0.717) is 0 Å². The Bertz CT molecular complexity index is 317. The van der Waals surface area contributed by atoms with Gasteiger partial charge in [0.1, 0.15) is 11.5 Å². The second-order valence-electron chi connectivity index (χ2n) is 5.19. The molecular formula is C13H23NO2. The third kappa shape index (κ3) is 3.99. The standard InChI is InChI=1S/C13H23NO2/c1-10-5-6-12(16-10)11(2)14-9-13(3,4)7-8-15/h5-6,11,14-15H,7-9H2,1-4H3. The Balaban J connectivity index is 2.43. The van der Waals surface area contributed by atoms with Gasteiger partial charge in [-0.15, -0.1) is 0 Å². The van der Waals surface area contributed by atoms with Crippen molar-refractivity contribution in [2.24, 2.45) is 5.41 Å². The quantitative estimate of drug-likeness (QED) is 0.782. The fraction of sp³-hybridized carbons (Fsp3) is 0.692. The van der Waals surface area contributed by atoms with Crippen LogP contribution in [0, 0.1) is 12.3 Å². The Morgan fingerprint density at radius 1 is 1.44 bits per heavy atom. The summed E-state index contributed by atoms with van der Waals surface area (Å²) < 4.78 is 5.56. The van der Waals surface area contributed by atoms with Crippen LogP contribution in [0.15, 0.2) is 16.5 Å². The van der Waals surface area contributed by atoms with Gasteiger partial charge in [0.15, 0.2) is 0 Å². The third-order valence-corrected chi connectivity index (χ3v) is 2.86. The van der Waals surface area contributed by atoms with Gasteiger partial charge in [-0.25, -0.2) is 0 Å². The minimum Gasteiger partial charge on any atom is -0.465 e. The van der Waals surface area contributed by atoms with E-state index in [1.165, 1.54) is 0 Å². The van der Waals surface area contributed by atoms with Crippen molar-refractivity contribution in [2.45, 2.75) is 40.2 Å². The lowest BCUT2D eigenvalue weighted by atomic mass is 9.89. The van der Waals surface area contributed by atoms with Crippen LogP contribution < -0.4 is 5.32 Å². The van der Waals surface area contributed by atoms with Crippen LogP contribution in [-0.2, 0) is 0 Å². The zero-order chi connectivity index (χ0) is 12.2. The van der Waals surface area contributed by atoms with E-state index < -0.39 is 0 Å². The van der Waals surface area contributed by atoms with Crippen molar-refractivity contribution >= 4 is 0 Å². The van der Waals surface area contributed by atoms with E-state index in [9.17, 15) is 0 Å². The Morgan fingerprint density at radius 2 is 2.12 bits per heavy atom. The molecule has 1 heterocycles. The maximum absolute atomic E-state index is 8.94. The van der Waals surface area contributed by atoms with Gasteiger partial charge >= 0.3 is 0 Å². The van der Waals surface area contributed by atoms with Crippen molar-refractivity contribution in [3.63, 3.8) is 0 Å². The number of rotatable bonds is 6. The van der Waals surface area contributed by atoms with E-state index in [1.807, 2.05) is 19.1 Å². The molecule has 0 radical (unpaired) electrons. The first kappa shape index (κ1) is 13.3. The first-order chi connectivity index (χ1) is 7.44. The fourth-order valence-electron chi connectivity index (χ4n) is 1.61. The summed E-state index contributed by atoms with van der Waals surface area (Å²) in [5.41, 5.74) is 0.116. The van der Waals surface area contributed by atoms with Crippen LogP contribution in [0.1, 0.15) is 44.8 Å². The molecule has 16 heavy (non-hydrogen) atoms. The van der Waals surface area contributed by atoms with Crippen LogP contribution in [-0.4, -0.2) is 18.3 Å². The summed E-state index contributed by atoms with van der Waals surface area (Å²) in [4.78, 5) is 0. The Morgan fingerprint density at radius 3 is 2.62 bits per heavy atom. The van der Waals surface area contributed by atoms with Crippen molar-refractivity contribution in [1.82, 2.24) is 5.32 Å². The van der Waals surface area contributed by atoms with Gasteiger partial charge in [0.25, 0.3) is 0 Å². The lowest BCUT2D eigenvalue weighted by Crippen LogP contribution is -2.31. The Hall–Kier alpha value is -0.800.